The van der Waals surface area contributed by atoms with Crippen molar-refractivity contribution in [2.75, 3.05) is 13.1 Å². The molecule has 0 radical (unpaired) electrons. The van der Waals surface area contributed by atoms with Crippen LogP contribution in [0.15, 0.2) is 52.3 Å². The summed E-state index contributed by atoms with van der Waals surface area (Å²) in [7, 11) is -3.64. The average molecular weight is 381 g/mol. The summed E-state index contributed by atoms with van der Waals surface area (Å²) < 4.78 is 27.7. The minimum absolute atomic E-state index is 0.0212. The quantitative estimate of drug-likeness (QED) is 0.745. The molecule has 132 valence electrons. The number of carbonyl (C=O) groups excluding carboxylic acids is 1. The second kappa shape index (κ2) is 7.11. The van der Waals surface area contributed by atoms with Crippen molar-refractivity contribution in [3.63, 3.8) is 0 Å². The van der Waals surface area contributed by atoms with Crippen molar-refractivity contribution in [1.82, 2.24) is 8.87 Å². The first-order valence-corrected chi connectivity index (χ1v) is 9.69. The molecular weight excluding hydrogens is 364 g/mol. The van der Waals surface area contributed by atoms with Gasteiger partial charge in [-0.1, -0.05) is 23.7 Å². The molecule has 1 aliphatic heterocycles. The lowest BCUT2D eigenvalue weighted by molar-refractivity contribution is 0.0970. The highest BCUT2D eigenvalue weighted by Gasteiger charge is 2.27. The molecule has 0 saturated carbocycles. The number of Topliss-reactive ketones (excluding diaryl/α,β-unsaturated/α-hetero) is 1. The maximum atomic E-state index is 12.6. The van der Waals surface area contributed by atoms with Gasteiger partial charge < -0.3 is 4.57 Å². The third kappa shape index (κ3) is 3.84. The predicted molar refractivity (Wildman–Crippen MR) is 94.5 cm³/mol. The minimum Gasteiger partial charge on any atom is -0.306 e. The molecule has 1 saturated heterocycles. The second-order valence-electron chi connectivity index (χ2n) is 5.88. The summed E-state index contributed by atoms with van der Waals surface area (Å²) in [5.41, 5.74) is -0.0667. The first kappa shape index (κ1) is 17.8. The molecule has 6 nitrogen and oxygen atoms in total. The molecule has 0 unspecified atom stereocenters. The van der Waals surface area contributed by atoms with Crippen molar-refractivity contribution in [2.24, 2.45) is 0 Å². The lowest BCUT2D eigenvalue weighted by Gasteiger charge is -2.16. The van der Waals surface area contributed by atoms with Crippen LogP contribution >= 0.6 is 11.6 Å². The van der Waals surface area contributed by atoms with Crippen LogP contribution in [0.25, 0.3) is 0 Å². The molecule has 25 heavy (non-hydrogen) atoms. The van der Waals surface area contributed by atoms with E-state index in [1.54, 1.807) is 18.2 Å². The Morgan fingerprint density at radius 3 is 2.52 bits per heavy atom. The number of benzene rings is 1. The maximum absolute atomic E-state index is 12.6. The highest BCUT2D eigenvalue weighted by Crippen LogP contribution is 2.20. The number of sulfonamides is 1. The Morgan fingerprint density at radius 1 is 1.12 bits per heavy atom. The Balaban J connectivity index is 1.90. The van der Waals surface area contributed by atoms with E-state index in [9.17, 15) is 18.0 Å². The second-order valence-corrected chi connectivity index (χ2v) is 8.25. The molecule has 1 aliphatic rings. The smallest absolute Gasteiger partial charge is 0.251 e. The van der Waals surface area contributed by atoms with E-state index in [1.807, 2.05) is 0 Å². The summed E-state index contributed by atoms with van der Waals surface area (Å²) in [6.45, 7) is 0.703. The van der Waals surface area contributed by atoms with Gasteiger partial charge in [-0.3, -0.25) is 9.59 Å². The van der Waals surface area contributed by atoms with Crippen LogP contribution < -0.4 is 5.56 Å². The van der Waals surface area contributed by atoms with E-state index in [4.69, 9.17) is 11.6 Å². The Kier molecular flexibility index (Phi) is 5.08. The number of hydrogen-bond acceptors (Lipinski definition) is 4. The Bertz CT molecular complexity index is 963. The molecule has 0 N–H and O–H groups in total. The zero-order chi connectivity index (χ0) is 18.0. The van der Waals surface area contributed by atoms with Gasteiger partial charge in [0.2, 0.25) is 10.0 Å². The molecule has 2 heterocycles. The molecule has 8 heteroatoms. The largest absolute Gasteiger partial charge is 0.306 e. The lowest BCUT2D eigenvalue weighted by Crippen LogP contribution is -2.30. The first-order chi connectivity index (χ1) is 11.9. The minimum atomic E-state index is -3.64. The van der Waals surface area contributed by atoms with Gasteiger partial charge in [0, 0.05) is 35.9 Å². The van der Waals surface area contributed by atoms with Crippen LogP contribution in [0.3, 0.4) is 0 Å². The summed E-state index contributed by atoms with van der Waals surface area (Å²) in [5, 5.41) is 0.420. The zero-order valence-corrected chi connectivity index (χ0v) is 15.0. The molecule has 1 aromatic carbocycles. The Hall–Kier alpha value is -1.96. The fraction of sp³-hybridized carbons (Fsp3) is 0.294. The van der Waals surface area contributed by atoms with Crippen LogP contribution in [0.1, 0.15) is 23.2 Å². The van der Waals surface area contributed by atoms with Gasteiger partial charge >= 0.3 is 0 Å². The molecule has 0 aliphatic carbocycles. The number of carbonyl (C=O) groups is 1. The lowest BCUT2D eigenvalue weighted by atomic mass is 10.1. The van der Waals surface area contributed by atoms with Crippen LogP contribution in [-0.2, 0) is 16.6 Å². The van der Waals surface area contributed by atoms with Crippen molar-refractivity contribution in [2.45, 2.75) is 24.3 Å². The van der Waals surface area contributed by atoms with Crippen LogP contribution in [0, 0.1) is 0 Å². The van der Waals surface area contributed by atoms with E-state index < -0.39 is 15.6 Å². The third-order valence-corrected chi connectivity index (χ3v) is 6.24. The normalized spacial score (nSPS) is 15.4. The van der Waals surface area contributed by atoms with E-state index in [-0.39, 0.29) is 17.2 Å². The topological polar surface area (TPSA) is 76.5 Å². The summed E-state index contributed by atoms with van der Waals surface area (Å²) >= 11 is 5.88. The monoisotopic (exact) mass is 380 g/mol. The van der Waals surface area contributed by atoms with E-state index in [2.05, 4.69) is 0 Å². The van der Waals surface area contributed by atoms with Crippen molar-refractivity contribution < 1.29 is 13.2 Å². The summed E-state index contributed by atoms with van der Waals surface area (Å²) in [6.07, 6.45) is 2.89. The Morgan fingerprint density at radius 2 is 1.84 bits per heavy atom. The van der Waals surface area contributed by atoms with Gasteiger partial charge in [-0.2, -0.15) is 4.31 Å². The standard InChI is InChI=1S/C17H17ClN2O4S/c18-14-5-3-4-13(10-14)16(21)12-19-11-15(6-7-17(19)22)25(23,24)20-8-1-2-9-20/h3-7,10-11H,1-2,8-9,12H2. The van der Waals surface area contributed by atoms with Gasteiger partial charge in [0.15, 0.2) is 5.78 Å². The van der Waals surface area contributed by atoms with E-state index in [0.717, 1.165) is 17.4 Å². The zero-order valence-electron chi connectivity index (χ0n) is 13.4. The number of ketones is 1. The van der Waals surface area contributed by atoms with Crippen LogP contribution in [0.5, 0.6) is 0 Å². The molecule has 1 aromatic heterocycles. The number of halogens is 1. The van der Waals surface area contributed by atoms with Crippen molar-refractivity contribution >= 4 is 27.4 Å². The van der Waals surface area contributed by atoms with E-state index in [1.165, 1.54) is 28.7 Å². The summed E-state index contributed by atoms with van der Waals surface area (Å²) in [4.78, 5) is 24.4. The van der Waals surface area contributed by atoms with Crippen LogP contribution in [0.2, 0.25) is 5.02 Å². The molecular formula is C17H17ClN2O4S. The Labute approximate surface area is 150 Å². The van der Waals surface area contributed by atoms with Crippen LogP contribution in [0.4, 0.5) is 0 Å². The van der Waals surface area contributed by atoms with Crippen LogP contribution in [-0.4, -0.2) is 36.2 Å². The molecule has 0 amide bonds. The number of rotatable bonds is 5. The molecule has 3 rings (SSSR count). The van der Waals surface area contributed by atoms with Crippen molar-refractivity contribution in [3.8, 4) is 0 Å². The van der Waals surface area contributed by atoms with Gasteiger partial charge in [-0.05, 0) is 31.0 Å². The number of aromatic nitrogens is 1. The summed E-state index contributed by atoms with van der Waals surface area (Å²) in [6, 6.07) is 8.87. The van der Waals surface area contributed by atoms with Gasteiger partial charge in [0.25, 0.3) is 5.56 Å². The summed E-state index contributed by atoms with van der Waals surface area (Å²) in [5.74, 6) is -0.319. The molecule has 0 atom stereocenters. The third-order valence-electron chi connectivity index (χ3n) is 4.12. The maximum Gasteiger partial charge on any atom is 0.251 e. The molecule has 0 spiro atoms. The highest BCUT2D eigenvalue weighted by atomic mass is 35.5. The fourth-order valence-electron chi connectivity index (χ4n) is 2.77. The number of pyridine rings is 1. The first-order valence-electron chi connectivity index (χ1n) is 7.87. The van der Waals surface area contributed by atoms with E-state index in [0.29, 0.717) is 23.7 Å². The number of hydrogen-bond donors (Lipinski definition) is 0. The van der Waals surface area contributed by atoms with Crippen molar-refractivity contribution in [3.05, 3.63) is 63.5 Å². The van der Waals surface area contributed by atoms with Gasteiger partial charge in [-0.15, -0.1) is 0 Å². The number of nitrogens with zero attached hydrogens (tertiary/aromatic N) is 2. The average Bonchev–Trinajstić information content (AvgIpc) is 3.12. The van der Waals surface area contributed by atoms with Gasteiger partial charge in [0.1, 0.15) is 0 Å². The molecule has 1 fully saturated rings. The SMILES string of the molecule is O=C(Cn1cc(S(=O)(=O)N2CCCC2)ccc1=O)c1cccc(Cl)c1. The molecule has 2 aromatic rings. The van der Waals surface area contributed by atoms with Gasteiger partial charge in [0.05, 0.1) is 11.4 Å². The highest BCUT2D eigenvalue weighted by molar-refractivity contribution is 7.89. The molecule has 0 bridgehead atoms. The van der Waals surface area contributed by atoms with Gasteiger partial charge in [-0.25, -0.2) is 8.42 Å². The van der Waals surface area contributed by atoms with Crippen molar-refractivity contribution in [1.29, 1.82) is 0 Å². The van der Waals surface area contributed by atoms with E-state index >= 15 is 0 Å². The fourth-order valence-corrected chi connectivity index (χ4v) is 4.50. The predicted octanol–water partition coefficient (Wildman–Crippen LogP) is 2.17.